The summed E-state index contributed by atoms with van der Waals surface area (Å²) in [5.41, 5.74) is 9.30. The third-order valence-corrected chi connectivity index (χ3v) is 9.18. The average Bonchev–Trinajstić information content (AvgIpc) is 3.72. The van der Waals surface area contributed by atoms with Gasteiger partial charge in [-0.2, -0.15) is 11.4 Å². The molecule has 8 bridgehead atoms. The molecule has 1 saturated heterocycles. The molecule has 3 aliphatic rings. The normalized spacial score (nSPS) is 24.7. The van der Waals surface area contributed by atoms with Gasteiger partial charge in [0, 0.05) is 5.56 Å². The van der Waals surface area contributed by atoms with Crippen molar-refractivity contribution in [1.82, 2.24) is 15.0 Å². The number of aliphatic hydroxyl groups excluding tert-OH is 1. The molecule has 2 aliphatic heterocycles. The van der Waals surface area contributed by atoms with Gasteiger partial charge in [-0.15, -0.1) is 33.5 Å². The number of hydrogen-bond donors (Lipinski definition) is 1. The number of nitrogens with zero attached hydrogens (tertiary/aromatic N) is 4. The van der Waals surface area contributed by atoms with E-state index in [2.05, 4.69) is 20.4 Å². The smallest absolute Gasteiger partial charge is 0.664 e. The van der Waals surface area contributed by atoms with Crippen LogP contribution in [0.15, 0.2) is 18.0 Å². The van der Waals surface area contributed by atoms with Crippen LogP contribution in [-0.2, 0) is 22.6 Å². The van der Waals surface area contributed by atoms with Crippen LogP contribution in [0.5, 0.6) is 0 Å². The van der Waals surface area contributed by atoms with Gasteiger partial charge in [0.05, 0.1) is 13.7 Å². The molecule has 3 aromatic heterocycles. The summed E-state index contributed by atoms with van der Waals surface area (Å²) in [6, 6.07) is 0. The number of allylic oxidation sites excluding steroid dienone is 2. The number of aromatic nitrogens is 3. The Morgan fingerprint density at radius 2 is 1.70 bits per heavy atom. The average molecular weight is 587 g/mol. The Morgan fingerprint density at radius 1 is 1.02 bits per heavy atom. The summed E-state index contributed by atoms with van der Waals surface area (Å²) >= 11 is 0. The molecule has 0 amide bonds. The minimum absolute atomic E-state index is 0. The van der Waals surface area contributed by atoms with E-state index in [4.69, 9.17) is 25.0 Å². The van der Waals surface area contributed by atoms with Gasteiger partial charge in [-0.3, -0.25) is 9.59 Å². The Labute approximate surface area is 267 Å². The Morgan fingerprint density at radius 3 is 2.33 bits per heavy atom. The second kappa shape index (κ2) is 11.5. The first-order chi connectivity index (χ1) is 20.2. The van der Waals surface area contributed by atoms with Gasteiger partial charge in [0.15, 0.2) is 5.78 Å². The van der Waals surface area contributed by atoms with Gasteiger partial charge in [-0.1, -0.05) is 80.3 Å². The molecule has 9 heteroatoms. The number of methoxy groups -OCH3 is 1. The Balaban J connectivity index is 0.00000368. The molecular weight excluding hydrogens is 553 g/mol. The third-order valence-electron chi connectivity index (χ3n) is 9.18. The topological polar surface area (TPSA) is 120 Å². The molecule has 6 rings (SSSR count). The monoisotopic (exact) mass is 586 g/mol. The predicted molar refractivity (Wildman–Crippen MR) is 167 cm³/mol. The van der Waals surface area contributed by atoms with Crippen LogP contribution in [0.2, 0.25) is 0 Å². The van der Waals surface area contributed by atoms with Crippen LogP contribution in [0.4, 0.5) is 0 Å². The van der Waals surface area contributed by atoms with E-state index in [0.717, 1.165) is 45.8 Å². The van der Waals surface area contributed by atoms with Gasteiger partial charge >= 0.3 is 29.0 Å². The van der Waals surface area contributed by atoms with Crippen LogP contribution in [0, 0.1) is 31.6 Å². The van der Waals surface area contributed by atoms with Crippen molar-refractivity contribution < 1.29 is 19.4 Å². The van der Waals surface area contributed by atoms with E-state index in [1.165, 1.54) is 7.11 Å². The van der Waals surface area contributed by atoms with Crippen LogP contribution < -0.4 is 25.7 Å². The number of hydrogen-bond acceptors (Lipinski definition) is 4. The number of ether oxygens (including phenoxy) is 1. The molecule has 0 unspecified atom stereocenters. The molecule has 1 aliphatic carbocycles. The molecule has 0 spiro atoms. The third kappa shape index (κ3) is 4.51. The van der Waals surface area contributed by atoms with Crippen molar-refractivity contribution in [1.29, 1.82) is 0 Å². The summed E-state index contributed by atoms with van der Waals surface area (Å²) in [5.74, 6) is -2.03. The van der Waals surface area contributed by atoms with Crippen molar-refractivity contribution in [2.24, 2.45) is 17.8 Å². The number of aliphatic hydroxyl groups is 1. The van der Waals surface area contributed by atoms with E-state index in [1.807, 2.05) is 39.0 Å². The number of carbonyl (C=O) groups is 2. The van der Waals surface area contributed by atoms with E-state index in [-0.39, 0.29) is 47.3 Å². The maximum atomic E-state index is 13.9. The quantitative estimate of drug-likeness (QED) is 0.277. The zero-order valence-corrected chi connectivity index (χ0v) is 27.0. The maximum absolute atomic E-state index is 13.9. The number of carbonyl (C=O) groups excluding carboxylic acids is 2. The van der Waals surface area contributed by atoms with Crippen LogP contribution in [0.1, 0.15) is 88.1 Å². The number of esters is 1. The van der Waals surface area contributed by atoms with E-state index in [0.29, 0.717) is 50.9 Å². The Hall–Kier alpha value is -3.53. The molecule has 1 fully saturated rings. The first kappa shape index (κ1) is 30.9. The Kier molecular flexibility index (Phi) is 8.28. The van der Waals surface area contributed by atoms with Crippen molar-refractivity contribution >= 4 is 64.7 Å². The molecule has 0 saturated carbocycles. The second-order valence-corrected chi connectivity index (χ2v) is 11.2. The number of fused-ring (bicyclic) bond motifs is 7. The molecule has 0 radical (unpaired) electrons. The first-order valence-electron chi connectivity index (χ1n) is 14.4. The molecule has 5 heterocycles. The zero-order chi connectivity index (χ0) is 30.0. The summed E-state index contributed by atoms with van der Waals surface area (Å²) < 4.78 is 5.13. The van der Waals surface area contributed by atoms with Crippen molar-refractivity contribution in [2.45, 2.75) is 54.1 Å². The van der Waals surface area contributed by atoms with Gasteiger partial charge in [-0.05, 0) is 43.2 Å². The first-order valence-corrected chi connectivity index (χ1v) is 14.4. The largest absolute Gasteiger partial charge is 2.00 e. The fourth-order valence-corrected chi connectivity index (χ4v) is 6.86. The van der Waals surface area contributed by atoms with Gasteiger partial charge < -0.3 is 30.1 Å². The summed E-state index contributed by atoms with van der Waals surface area (Å²) in [6.07, 6.45) is 8.98. The maximum Gasteiger partial charge on any atom is 2.00 e. The van der Waals surface area contributed by atoms with Crippen molar-refractivity contribution in [2.75, 3.05) is 7.11 Å². The molecule has 218 valence electrons. The van der Waals surface area contributed by atoms with E-state index < -0.39 is 11.9 Å². The zero-order valence-electron chi connectivity index (χ0n) is 25.5. The van der Waals surface area contributed by atoms with Crippen LogP contribution in [0.25, 0.3) is 35.2 Å². The van der Waals surface area contributed by atoms with Gasteiger partial charge in [0.1, 0.15) is 5.92 Å². The summed E-state index contributed by atoms with van der Waals surface area (Å²) in [7, 11) is 1.30. The van der Waals surface area contributed by atoms with Crippen LogP contribution >= 0.6 is 0 Å². The van der Waals surface area contributed by atoms with Crippen LogP contribution in [-0.4, -0.2) is 47.0 Å². The van der Waals surface area contributed by atoms with Gasteiger partial charge in [0.25, 0.3) is 0 Å². The summed E-state index contributed by atoms with van der Waals surface area (Å²) in [6.45, 7) is 14.0. The van der Waals surface area contributed by atoms with E-state index in [1.54, 1.807) is 6.08 Å². The minimum atomic E-state index is -1.11. The molecule has 43 heavy (non-hydrogen) atoms. The van der Waals surface area contributed by atoms with Crippen molar-refractivity contribution in [3.8, 4) is 0 Å². The molecule has 1 N–H and O–H groups in total. The van der Waals surface area contributed by atoms with Crippen molar-refractivity contribution in [3.63, 3.8) is 0 Å². The van der Waals surface area contributed by atoms with Crippen molar-refractivity contribution in [3.05, 3.63) is 90.1 Å². The predicted octanol–water partition coefficient (Wildman–Crippen LogP) is 3.25. The minimum Gasteiger partial charge on any atom is -0.664 e. The standard InChI is InChI=1S/C34H35N4O4.Mg/c1-8-18-15(4)22-11-23-16(5)19(9-2)31(37-23)29-30(34(41)42-7)33(40)28-17(6)24(38-32(28)29)12-26-20(10-3)21(14-39)27(36-26)13-25(18)35-22;/h8,11-13,16,19,30,39H,1,9-10,14H2,2-7H3,(H-,37,38,40);/q-3;+2/p-1/b23-11+,26-12-,27-13-;/t16-,19-,30+;/m0./s1. The number of rotatable bonds is 5. The van der Waals surface area contributed by atoms with E-state index >= 15 is 0 Å². The molecule has 0 aromatic carbocycles. The summed E-state index contributed by atoms with van der Waals surface area (Å²) in [5, 5.41) is 16.8. The molecule has 3 aromatic rings. The van der Waals surface area contributed by atoms with Crippen LogP contribution in [0.3, 0.4) is 0 Å². The van der Waals surface area contributed by atoms with Gasteiger partial charge in [0.2, 0.25) is 0 Å². The van der Waals surface area contributed by atoms with E-state index in [9.17, 15) is 14.7 Å². The fraction of sp³-hybridized carbons (Fsp3) is 0.353. The Bertz CT molecular complexity index is 1870. The number of Topliss-reactive ketones (excluding diaryl/α,β-unsaturated/α-hetero) is 1. The second-order valence-electron chi connectivity index (χ2n) is 11.2. The summed E-state index contributed by atoms with van der Waals surface area (Å²) in [4.78, 5) is 41.9. The fourth-order valence-electron chi connectivity index (χ4n) is 6.86. The number of ketones is 1. The molecular formula is C34H34MgN4O4-2. The molecule has 3 atom stereocenters. The SMILES string of the molecule is C=Cc1c2[n-]c(c1C)/C=C1/[N-]/C(=C3\c4[n-]c(c(C)c4C(=O)[C@@H]3C(=O)OC)/C=c3\[n-]/c(c(CO)c3CC)=C\2)[C@@H](CC)[C@@H]1C.[Mg+2]. The molecule has 8 nitrogen and oxygen atoms in total. The van der Waals surface area contributed by atoms with Gasteiger partial charge in [-0.25, -0.2) is 0 Å².